The van der Waals surface area contributed by atoms with Crippen molar-refractivity contribution in [3.8, 4) is 0 Å². The molecular weight excluding hydrogens is 376 g/mol. The Hall–Kier alpha value is -3.44. The highest BCUT2D eigenvalue weighted by Crippen LogP contribution is 2.25. The van der Waals surface area contributed by atoms with Crippen LogP contribution in [0, 0.1) is 5.92 Å². The Bertz CT molecular complexity index is 977. The van der Waals surface area contributed by atoms with Gasteiger partial charge in [0.05, 0.1) is 25.8 Å². The highest BCUT2D eigenvalue weighted by molar-refractivity contribution is 6.11. The maximum absolute atomic E-state index is 13.4. The quantitative estimate of drug-likeness (QED) is 0.465. The van der Waals surface area contributed by atoms with E-state index in [1.165, 1.54) is 0 Å². The lowest BCUT2D eigenvalue weighted by atomic mass is 9.89. The summed E-state index contributed by atoms with van der Waals surface area (Å²) in [6, 6.07) is 28.8. The Morgan fingerprint density at radius 3 is 2.00 bits per heavy atom. The van der Waals surface area contributed by atoms with E-state index >= 15 is 0 Å². The minimum atomic E-state index is -0.746. The zero-order valence-corrected chi connectivity index (χ0v) is 16.6. The standard InChI is InChI=1S/C25H24N2O3/c28-24-23(22(26-24)18-30-17-20-12-6-2-7-13-20)25(29)27(21-14-8-3-9-15-21)16-19-10-4-1-5-11-19/h1-15,22-23H,16-18H2,(H,26,28)/t22-,23+/m0/s1. The van der Waals surface area contributed by atoms with Gasteiger partial charge in [-0.25, -0.2) is 0 Å². The second-order valence-corrected chi connectivity index (χ2v) is 7.34. The first-order valence-electron chi connectivity index (χ1n) is 10.0. The average Bonchev–Trinajstić information content (AvgIpc) is 2.78. The summed E-state index contributed by atoms with van der Waals surface area (Å²) in [6.07, 6.45) is 0. The van der Waals surface area contributed by atoms with Crippen molar-refractivity contribution in [3.63, 3.8) is 0 Å². The van der Waals surface area contributed by atoms with E-state index in [0.29, 0.717) is 19.8 Å². The molecule has 0 radical (unpaired) electrons. The molecule has 3 aromatic rings. The van der Waals surface area contributed by atoms with E-state index in [0.717, 1.165) is 16.8 Å². The molecule has 1 heterocycles. The van der Waals surface area contributed by atoms with Crippen LogP contribution in [0.4, 0.5) is 5.69 Å². The highest BCUT2D eigenvalue weighted by Gasteiger charge is 2.46. The van der Waals surface area contributed by atoms with Crippen LogP contribution in [0.15, 0.2) is 91.0 Å². The Balaban J connectivity index is 1.46. The molecule has 5 heteroatoms. The number of hydrogen-bond donors (Lipinski definition) is 1. The molecule has 1 saturated heterocycles. The second-order valence-electron chi connectivity index (χ2n) is 7.34. The van der Waals surface area contributed by atoms with Crippen molar-refractivity contribution in [1.82, 2.24) is 5.32 Å². The number of nitrogens with zero attached hydrogens (tertiary/aromatic N) is 1. The average molecular weight is 400 g/mol. The number of carbonyl (C=O) groups is 2. The second kappa shape index (κ2) is 9.37. The Morgan fingerprint density at radius 1 is 0.833 bits per heavy atom. The van der Waals surface area contributed by atoms with Crippen molar-refractivity contribution in [2.24, 2.45) is 5.92 Å². The molecule has 2 amide bonds. The molecule has 1 N–H and O–H groups in total. The molecule has 5 nitrogen and oxygen atoms in total. The number of ether oxygens (including phenoxy) is 1. The number of nitrogens with one attached hydrogen (secondary N) is 1. The fourth-order valence-corrected chi connectivity index (χ4v) is 3.58. The third kappa shape index (κ3) is 4.58. The number of rotatable bonds is 8. The topological polar surface area (TPSA) is 58.6 Å². The Labute approximate surface area is 176 Å². The van der Waals surface area contributed by atoms with Gasteiger partial charge < -0.3 is 15.0 Å². The van der Waals surface area contributed by atoms with Gasteiger partial charge in [0.1, 0.15) is 5.92 Å². The number of hydrogen-bond acceptors (Lipinski definition) is 3. The van der Waals surface area contributed by atoms with Gasteiger partial charge in [-0.1, -0.05) is 78.9 Å². The van der Waals surface area contributed by atoms with Crippen molar-refractivity contribution in [2.45, 2.75) is 19.2 Å². The number of para-hydroxylation sites is 1. The number of β-lactam (4-membered cyclic amide) rings is 1. The van der Waals surface area contributed by atoms with Crippen LogP contribution in [0.25, 0.3) is 0 Å². The van der Waals surface area contributed by atoms with Crippen molar-refractivity contribution in [1.29, 1.82) is 0 Å². The van der Waals surface area contributed by atoms with E-state index in [4.69, 9.17) is 4.74 Å². The van der Waals surface area contributed by atoms with Crippen molar-refractivity contribution in [3.05, 3.63) is 102 Å². The lowest BCUT2D eigenvalue weighted by Crippen LogP contribution is -2.65. The molecule has 4 rings (SSSR count). The van der Waals surface area contributed by atoms with Crippen LogP contribution < -0.4 is 10.2 Å². The summed E-state index contributed by atoms with van der Waals surface area (Å²) in [5.41, 5.74) is 2.84. The first-order valence-corrected chi connectivity index (χ1v) is 10.0. The molecule has 3 aromatic carbocycles. The van der Waals surface area contributed by atoms with Crippen LogP contribution in [0.5, 0.6) is 0 Å². The maximum atomic E-state index is 13.4. The smallest absolute Gasteiger partial charge is 0.242 e. The number of amides is 2. The van der Waals surface area contributed by atoms with Crippen molar-refractivity contribution < 1.29 is 14.3 Å². The largest absolute Gasteiger partial charge is 0.375 e. The molecule has 0 saturated carbocycles. The molecule has 30 heavy (non-hydrogen) atoms. The molecule has 2 atom stereocenters. The molecule has 0 bridgehead atoms. The Morgan fingerprint density at radius 2 is 1.40 bits per heavy atom. The summed E-state index contributed by atoms with van der Waals surface area (Å²) in [6.45, 7) is 1.15. The number of anilines is 1. The summed E-state index contributed by atoms with van der Waals surface area (Å²) >= 11 is 0. The molecular formula is C25H24N2O3. The van der Waals surface area contributed by atoms with Crippen LogP contribution in [0.1, 0.15) is 11.1 Å². The van der Waals surface area contributed by atoms with Gasteiger partial charge in [0.15, 0.2) is 0 Å². The van der Waals surface area contributed by atoms with Gasteiger partial charge in [0.2, 0.25) is 11.8 Å². The third-order valence-corrected chi connectivity index (χ3v) is 5.20. The van der Waals surface area contributed by atoms with Crippen molar-refractivity contribution >= 4 is 17.5 Å². The third-order valence-electron chi connectivity index (χ3n) is 5.20. The molecule has 1 fully saturated rings. The molecule has 1 aliphatic heterocycles. The predicted molar refractivity (Wildman–Crippen MR) is 116 cm³/mol. The van der Waals surface area contributed by atoms with Crippen LogP contribution >= 0.6 is 0 Å². The van der Waals surface area contributed by atoms with Crippen LogP contribution in [0.2, 0.25) is 0 Å². The van der Waals surface area contributed by atoms with Gasteiger partial charge in [-0.3, -0.25) is 9.59 Å². The summed E-state index contributed by atoms with van der Waals surface area (Å²) in [5, 5.41) is 2.82. The number of benzene rings is 3. The summed E-state index contributed by atoms with van der Waals surface area (Å²) in [7, 11) is 0. The summed E-state index contributed by atoms with van der Waals surface area (Å²) in [5.74, 6) is -1.20. The maximum Gasteiger partial charge on any atom is 0.242 e. The van der Waals surface area contributed by atoms with Gasteiger partial charge >= 0.3 is 0 Å². The normalized spacial score (nSPS) is 17.7. The minimum Gasteiger partial charge on any atom is -0.375 e. The molecule has 0 spiro atoms. The monoisotopic (exact) mass is 400 g/mol. The van der Waals surface area contributed by atoms with Crippen LogP contribution in [-0.4, -0.2) is 24.5 Å². The molecule has 1 aliphatic rings. The zero-order chi connectivity index (χ0) is 20.8. The Kier molecular flexibility index (Phi) is 6.20. The fraction of sp³-hybridized carbons (Fsp3) is 0.200. The highest BCUT2D eigenvalue weighted by atomic mass is 16.5. The van der Waals surface area contributed by atoms with Gasteiger partial charge in [0.25, 0.3) is 0 Å². The molecule has 0 unspecified atom stereocenters. The van der Waals surface area contributed by atoms with Crippen molar-refractivity contribution in [2.75, 3.05) is 11.5 Å². The fourth-order valence-electron chi connectivity index (χ4n) is 3.58. The zero-order valence-electron chi connectivity index (χ0n) is 16.6. The van der Waals surface area contributed by atoms with E-state index in [1.807, 2.05) is 91.0 Å². The first kappa shape index (κ1) is 19.9. The van der Waals surface area contributed by atoms with E-state index in [1.54, 1.807) is 4.90 Å². The van der Waals surface area contributed by atoms with Gasteiger partial charge in [-0.15, -0.1) is 0 Å². The first-order chi connectivity index (χ1) is 14.7. The van der Waals surface area contributed by atoms with Gasteiger partial charge in [-0.2, -0.15) is 0 Å². The lowest BCUT2D eigenvalue weighted by molar-refractivity contribution is -0.145. The summed E-state index contributed by atoms with van der Waals surface area (Å²) in [4.78, 5) is 27.4. The van der Waals surface area contributed by atoms with E-state index in [-0.39, 0.29) is 17.9 Å². The molecule has 0 aliphatic carbocycles. The van der Waals surface area contributed by atoms with Crippen LogP contribution in [-0.2, 0) is 27.5 Å². The van der Waals surface area contributed by atoms with Gasteiger partial charge in [0, 0.05) is 5.69 Å². The SMILES string of the molecule is O=C1N[C@@H](COCc2ccccc2)[C@H]1C(=O)N(Cc1ccccc1)c1ccccc1. The lowest BCUT2D eigenvalue weighted by Gasteiger charge is -2.38. The van der Waals surface area contributed by atoms with E-state index < -0.39 is 5.92 Å². The van der Waals surface area contributed by atoms with E-state index in [2.05, 4.69) is 5.32 Å². The van der Waals surface area contributed by atoms with Gasteiger partial charge in [-0.05, 0) is 23.3 Å². The van der Waals surface area contributed by atoms with Crippen LogP contribution in [0.3, 0.4) is 0 Å². The molecule has 0 aromatic heterocycles. The number of carbonyl (C=O) groups excluding carboxylic acids is 2. The minimum absolute atomic E-state index is 0.206. The van der Waals surface area contributed by atoms with E-state index in [9.17, 15) is 9.59 Å². The predicted octanol–water partition coefficient (Wildman–Crippen LogP) is 3.55. The molecule has 152 valence electrons. The summed E-state index contributed by atoms with van der Waals surface area (Å²) < 4.78 is 5.77.